The van der Waals surface area contributed by atoms with Gasteiger partial charge in [0.1, 0.15) is 11.3 Å². The lowest BCUT2D eigenvalue weighted by Gasteiger charge is -2.13. The summed E-state index contributed by atoms with van der Waals surface area (Å²) in [5, 5.41) is 0. The quantitative estimate of drug-likeness (QED) is 0.745. The molecule has 0 aliphatic carbocycles. The topological polar surface area (TPSA) is 60.0 Å². The van der Waals surface area contributed by atoms with Gasteiger partial charge in [0.25, 0.3) is 0 Å². The monoisotopic (exact) mass is 281 g/mol. The van der Waals surface area contributed by atoms with Gasteiger partial charge in [0, 0.05) is 31.0 Å². The van der Waals surface area contributed by atoms with Gasteiger partial charge in [0.05, 0.1) is 11.2 Å². The largest absolute Gasteiger partial charge is 0.397 e. The van der Waals surface area contributed by atoms with Crippen LogP contribution in [0.1, 0.15) is 0 Å². The summed E-state index contributed by atoms with van der Waals surface area (Å²) in [6, 6.07) is 9.88. The zero-order chi connectivity index (χ0) is 14.8. The van der Waals surface area contributed by atoms with E-state index in [4.69, 9.17) is 10.7 Å². The van der Waals surface area contributed by atoms with Crippen molar-refractivity contribution < 1.29 is 0 Å². The third kappa shape index (κ3) is 2.60. The summed E-state index contributed by atoms with van der Waals surface area (Å²) in [7, 11) is 4.14. The molecule has 3 rings (SSSR count). The van der Waals surface area contributed by atoms with Crippen LogP contribution in [-0.4, -0.2) is 40.1 Å². The van der Waals surface area contributed by atoms with Crippen LogP contribution in [0, 0.1) is 0 Å². The second-order valence-electron chi connectivity index (χ2n) is 5.34. The van der Waals surface area contributed by atoms with Gasteiger partial charge < -0.3 is 15.2 Å². The van der Waals surface area contributed by atoms with E-state index in [9.17, 15) is 0 Å². The molecule has 0 fully saturated rings. The summed E-state index contributed by atoms with van der Waals surface area (Å²) in [5.41, 5.74) is 9.78. The van der Waals surface area contributed by atoms with E-state index in [0.717, 1.165) is 35.5 Å². The van der Waals surface area contributed by atoms with E-state index in [1.807, 2.05) is 24.3 Å². The predicted molar refractivity (Wildman–Crippen MR) is 85.9 cm³/mol. The SMILES string of the molecule is CN(C)CCn1c(-c2ccncc2)nc2c(N)cccc21. The maximum absolute atomic E-state index is 6.07. The van der Waals surface area contributed by atoms with Crippen molar-refractivity contribution in [3.05, 3.63) is 42.7 Å². The van der Waals surface area contributed by atoms with Crippen LogP contribution >= 0.6 is 0 Å². The number of hydrogen-bond acceptors (Lipinski definition) is 4. The van der Waals surface area contributed by atoms with Gasteiger partial charge in [-0.3, -0.25) is 4.98 Å². The molecule has 2 aromatic heterocycles. The van der Waals surface area contributed by atoms with Crippen molar-refractivity contribution in [1.82, 2.24) is 19.4 Å². The lowest BCUT2D eigenvalue weighted by atomic mass is 10.2. The first-order valence-corrected chi connectivity index (χ1v) is 6.96. The molecular weight excluding hydrogens is 262 g/mol. The molecular formula is C16H19N5. The van der Waals surface area contributed by atoms with Gasteiger partial charge in [-0.05, 0) is 38.4 Å². The number of likely N-dealkylation sites (N-methyl/N-ethyl adjacent to an activating group) is 1. The molecule has 0 spiro atoms. The Morgan fingerprint density at radius 1 is 1.14 bits per heavy atom. The van der Waals surface area contributed by atoms with Crippen LogP contribution in [0.3, 0.4) is 0 Å². The van der Waals surface area contributed by atoms with Crippen molar-refractivity contribution in [1.29, 1.82) is 0 Å². The highest BCUT2D eigenvalue weighted by Crippen LogP contribution is 2.27. The molecule has 5 nitrogen and oxygen atoms in total. The molecule has 0 aliphatic heterocycles. The smallest absolute Gasteiger partial charge is 0.141 e. The molecule has 2 N–H and O–H groups in total. The average molecular weight is 281 g/mol. The summed E-state index contributed by atoms with van der Waals surface area (Å²) in [4.78, 5) is 11.0. The normalized spacial score (nSPS) is 11.4. The fraction of sp³-hybridized carbons (Fsp3) is 0.250. The summed E-state index contributed by atoms with van der Waals surface area (Å²) in [6.45, 7) is 1.81. The summed E-state index contributed by atoms with van der Waals surface area (Å²) in [5.74, 6) is 0.937. The standard InChI is InChI=1S/C16H19N5/c1-20(2)10-11-21-14-5-3-4-13(17)15(14)19-16(21)12-6-8-18-9-7-12/h3-9H,10-11,17H2,1-2H3. The Morgan fingerprint density at radius 3 is 2.62 bits per heavy atom. The molecule has 2 heterocycles. The van der Waals surface area contributed by atoms with Crippen molar-refractivity contribution in [3.8, 4) is 11.4 Å². The van der Waals surface area contributed by atoms with Gasteiger partial charge in [-0.2, -0.15) is 0 Å². The molecule has 3 aromatic rings. The molecule has 0 saturated heterocycles. The maximum atomic E-state index is 6.07. The van der Waals surface area contributed by atoms with Crippen LogP contribution in [0.15, 0.2) is 42.7 Å². The average Bonchev–Trinajstić information content (AvgIpc) is 2.86. The van der Waals surface area contributed by atoms with Crippen LogP contribution in [-0.2, 0) is 6.54 Å². The minimum Gasteiger partial charge on any atom is -0.397 e. The van der Waals surface area contributed by atoms with Gasteiger partial charge in [-0.1, -0.05) is 6.07 Å². The summed E-state index contributed by atoms with van der Waals surface area (Å²) < 4.78 is 2.22. The Balaban J connectivity index is 2.18. The van der Waals surface area contributed by atoms with Crippen molar-refractivity contribution in [2.75, 3.05) is 26.4 Å². The van der Waals surface area contributed by atoms with Crippen molar-refractivity contribution in [2.24, 2.45) is 0 Å². The third-order valence-electron chi connectivity index (χ3n) is 3.52. The third-order valence-corrected chi connectivity index (χ3v) is 3.52. The van der Waals surface area contributed by atoms with Crippen LogP contribution in [0.5, 0.6) is 0 Å². The number of anilines is 1. The van der Waals surface area contributed by atoms with Gasteiger partial charge in [-0.25, -0.2) is 4.98 Å². The zero-order valence-corrected chi connectivity index (χ0v) is 12.3. The van der Waals surface area contributed by atoms with Gasteiger partial charge >= 0.3 is 0 Å². The fourth-order valence-electron chi connectivity index (χ4n) is 2.42. The first-order chi connectivity index (χ1) is 10.2. The molecule has 0 bridgehead atoms. The van der Waals surface area contributed by atoms with Crippen LogP contribution in [0.4, 0.5) is 5.69 Å². The fourth-order valence-corrected chi connectivity index (χ4v) is 2.42. The van der Waals surface area contributed by atoms with E-state index >= 15 is 0 Å². The van der Waals surface area contributed by atoms with E-state index in [0.29, 0.717) is 5.69 Å². The number of para-hydroxylation sites is 1. The van der Waals surface area contributed by atoms with Crippen molar-refractivity contribution in [3.63, 3.8) is 0 Å². The summed E-state index contributed by atoms with van der Waals surface area (Å²) in [6.07, 6.45) is 3.57. The number of benzene rings is 1. The molecule has 0 atom stereocenters. The molecule has 0 unspecified atom stereocenters. The first kappa shape index (κ1) is 13.6. The van der Waals surface area contributed by atoms with Crippen molar-refractivity contribution >= 4 is 16.7 Å². The van der Waals surface area contributed by atoms with E-state index in [1.54, 1.807) is 12.4 Å². The predicted octanol–water partition coefficient (Wildman–Crippen LogP) is 2.24. The summed E-state index contributed by atoms with van der Waals surface area (Å²) >= 11 is 0. The van der Waals surface area contributed by atoms with Crippen LogP contribution < -0.4 is 5.73 Å². The molecule has 0 radical (unpaired) electrons. The van der Waals surface area contributed by atoms with E-state index in [2.05, 4.69) is 34.6 Å². The minimum atomic E-state index is 0.714. The van der Waals surface area contributed by atoms with E-state index in [-0.39, 0.29) is 0 Å². The lowest BCUT2D eigenvalue weighted by molar-refractivity contribution is 0.387. The van der Waals surface area contributed by atoms with Gasteiger partial charge in [-0.15, -0.1) is 0 Å². The second-order valence-corrected chi connectivity index (χ2v) is 5.34. The molecule has 5 heteroatoms. The lowest BCUT2D eigenvalue weighted by Crippen LogP contribution is -2.18. The molecule has 0 aliphatic rings. The number of aromatic nitrogens is 3. The number of nitrogen functional groups attached to an aromatic ring is 1. The first-order valence-electron chi connectivity index (χ1n) is 6.96. The highest BCUT2D eigenvalue weighted by molar-refractivity contribution is 5.90. The Labute approximate surface area is 124 Å². The minimum absolute atomic E-state index is 0.714. The number of nitrogens with zero attached hydrogens (tertiary/aromatic N) is 4. The highest BCUT2D eigenvalue weighted by atomic mass is 15.1. The molecule has 21 heavy (non-hydrogen) atoms. The number of rotatable bonds is 4. The number of imidazole rings is 1. The Morgan fingerprint density at radius 2 is 1.90 bits per heavy atom. The number of fused-ring (bicyclic) bond motifs is 1. The van der Waals surface area contributed by atoms with Gasteiger partial charge in [0.2, 0.25) is 0 Å². The molecule has 1 aromatic carbocycles. The van der Waals surface area contributed by atoms with Crippen LogP contribution in [0.2, 0.25) is 0 Å². The Kier molecular flexibility index (Phi) is 3.58. The second kappa shape index (κ2) is 5.54. The van der Waals surface area contributed by atoms with Gasteiger partial charge in [0.15, 0.2) is 0 Å². The Hall–Kier alpha value is -2.40. The van der Waals surface area contributed by atoms with Crippen LogP contribution in [0.25, 0.3) is 22.4 Å². The van der Waals surface area contributed by atoms with E-state index < -0.39 is 0 Å². The number of pyridine rings is 1. The molecule has 0 saturated carbocycles. The molecule has 0 amide bonds. The van der Waals surface area contributed by atoms with E-state index in [1.165, 1.54) is 0 Å². The Bertz CT molecular complexity index is 746. The number of hydrogen-bond donors (Lipinski definition) is 1. The molecule has 108 valence electrons. The number of nitrogens with two attached hydrogens (primary N) is 1. The zero-order valence-electron chi connectivity index (χ0n) is 12.3. The maximum Gasteiger partial charge on any atom is 0.141 e. The van der Waals surface area contributed by atoms with Crippen molar-refractivity contribution in [2.45, 2.75) is 6.54 Å². The highest BCUT2D eigenvalue weighted by Gasteiger charge is 2.14.